The van der Waals surface area contributed by atoms with Crippen LogP contribution in [0.5, 0.6) is 0 Å². The summed E-state index contributed by atoms with van der Waals surface area (Å²) in [5, 5.41) is 9.42. The first-order valence-corrected chi connectivity index (χ1v) is 7.49. The van der Waals surface area contributed by atoms with E-state index in [0.29, 0.717) is 17.8 Å². The van der Waals surface area contributed by atoms with E-state index in [9.17, 15) is 5.11 Å². The summed E-state index contributed by atoms with van der Waals surface area (Å²) >= 11 is 1.76. The van der Waals surface area contributed by atoms with E-state index in [1.54, 1.807) is 11.8 Å². The molecule has 1 aromatic carbocycles. The molecule has 100 valence electrons. The van der Waals surface area contributed by atoms with Gasteiger partial charge in [-0.15, -0.1) is 0 Å². The van der Waals surface area contributed by atoms with Gasteiger partial charge in [0.15, 0.2) is 0 Å². The second-order valence-electron chi connectivity index (χ2n) is 5.23. The maximum absolute atomic E-state index is 9.42. The molecule has 2 nitrogen and oxygen atoms in total. The van der Waals surface area contributed by atoms with Crippen LogP contribution in [0.15, 0.2) is 35.2 Å². The predicted octanol–water partition coefficient (Wildman–Crippen LogP) is 3.40. The molecule has 1 saturated heterocycles. The van der Waals surface area contributed by atoms with Gasteiger partial charge in [-0.3, -0.25) is 0 Å². The molecule has 1 aromatic rings. The fourth-order valence-corrected chi connectivity index (χ4v) is 3.71. The molecule has 1 fully saturated rings. The van der Waals surface area contributed by atoms with Gasteiger partial charge >= 0.3 is 0 Å². The largest absolute Gasteiger partial charge is 0.394 e. The van der Waals surface area contributed by atoms with Gasteiger partial charge in [0, 0.05) is 4.90 Å². The summed E-state index contributed by atoms with van der Waals surface area (Å²) in [6, 6.07) is 10.3. The van der Waals surface area contributed by atoms with Crippen LogP contribution in [0.2, 0.25) is 0 Å². The Labute approximate surface area is 114 Å². The van der Waals surface area contributed by atoms with E-state index in [1.165, 1.54) is 4.90 Å². The minimum absolute atomic E-state index is 0.0302. The van der Waals surface area contributed by atoms with Gasteiger partial charge in [-0.1, -0.05) is 50.7 Å². The molecular weight excluding hydrogens is 244 g/mol. The van der Waals surface area contributed by atoms with Gasteiger partial charge in [0.2, 0.25) is 0 Å². The molecule has 1 aliphatic rings. The maximum Gasteiger partial charge on any atom is 0.111 e. The fraction of sp³-hybridized carbons (Fsp3) is 0.600. The molecule has 0 amide bonds. The highest BCUT2D eigenvalue weighted by Crippen LogP contribution is 2.41. The average molecular weight is 266 g/mol. The summed E-state index contributed by atoms with van der Waals surface area (Å²) < 4.78 is 6.05. The number of ether oxygens (including phenoxy) is 1. The van der Waals surface area contributed by atoms with Crippen molar-refractivity contribution in [2.75, 3.05) is 6.61 Å². The molecule has 0 bridgehead atoms. The minimum Gasteiger partial charge on any atom is -0.394 e. The first kappa shape index (κ1) is 13.9. The van der Waals surface area contributed by atoms with Crippen LogP contribution in [0.3, 0.4) is 0 Å². The van der Waals surface area contributed by atoms with E-state index in [1.807, 2.05) is 18.2 Å². The van der Waals surface area contributed by atoms with Crippen LogP contribution in [0.1, 0.15) is 20.8 Å². The van der Waals surface area contributed by atoms with Gasteiger partial charge in [0.05, 0.1) is 12.7 Å². The van der Waals surface area contributed by atoms with Crippen molar-refractivity contribution in [3.63, 3.8) is 0 Å². The van der Waals surface area contributed by atoms with Gasteiger partial charge in [0.25, 0.3) is 0 Å². The van der Waals surface area contributed by atoms with Crippen LogP contribution in [-0.2, 0) is 4.74 Å². The lowest BCUT2D eigenvalue weighted by atomic mass is 9.80. The monoisotopic (exact) mass is 266 g/mol. The Balaban J connectivity index is 2.08. The number of thioether (sulfide) groups is 1. The van der Waals surface area contributed by atoms with Crippen LogP contribution in [0, 0.1) is 17.8 Å². The van der Waals surface area contributed by atoms with Crippen LogP contribution in [0.4, 0.5) is 0 Å². The molecular formula is C15H22O2S. The van der Waals surface area contributed by atoms with Crippen molar-refractivity contribution in [2.45, 2.75) is 37.2 Å². The summed E-state index contributed by atoms with van der Waals surface area (Å²) in [6.45, 7) is 6.80. The van der Waals surface area contributed by atoms with Gasteiger partial charge in [0.1, 0.15) is 5.44 Å². The highest BCUT2D eigenvalue weighted by Gasteiger charge is 2.38. The second-order valence-corrected chi connectivity index (χ2v) is 6.41. The Bertz CT molecular complexity index is 366. The van der Waals surface area contributed by atoms with E-state index in [4.69, 9.17) is 4.74 Å². The zero-order valence-corrected chi connectivity index (χ0v) is 12.1. The third kappa shape index (κ3) is 2.90. The lowest BCUT2D eigenvalue weighted by molar-refractivity contribution is -0.112. The molecule has 0 aromatic heterocycles. The van der Waals surface area contributed by atoms with Gasteiger partial charge in [-0.05, 0) is 29.9 Å². The number of hydrogen-bond donors (Lipinski definition) is 1. The Morgan fingerprint density at radius 1 is 1.06 bits per heavy atom. The van der Waals surface area contributed by atoms with Crippen molar-refractivity contribution >= 4 is 11.8 Å². The lowest BCUT2D eigenvalue weighted by Crippen LogP contribution is -2.44. The average Bonchev–Trinajstić information content (AvgIpc) is 2.40. The number of rotatable bonds is 3. The summed E-state index contributed by atoms with van der Waals surface area (Å²) in [4.78, 5) is 1.23. The normalized spacial score (nSPS) is 36.6. The molecule has 1 N–H and O–H groups in total. The predicted molar refractivity (Wildman–Crippen MR) is 75.5 cm³/mol. The van der Waals surface area contributed by atoms with Gasteiger partial charge in [-0.25, -0.2) is 0 Å². The number of aliphatic hydroxyl groups excluding tert-OH is 1. The third-order valence-electron chi connectivity index (χ3n) is 4.16. The van der Waals surface area contributed by atoms with E-state index in [-0.39, 0.29) is 18.1 Å². The first-order valence-electron chi connectivity index (χ1n) is 6.61. The standard InChI is InChI=1S/C15H22O2S/c1-10-11(2)14(9-16)17-15(12(10)3)18-13-7-5-4-6-8-13/h4-8,10-12,14-16H,9H2,1-3H3/t10-,11-,12?,14?,15-/m0/s1. The van der Waals surface area contributed by atoms with Crippen molar-refractivity contribution in [2.24, 2.45) is 17.8 Å². The topological polar surface area (TPSA) is 29.5 Å². The molecule has 2 rings (SSSR count). The maximum atomic E-state index is 9.42. The van der Waals surface area contributed by atoms with Crippen LogP contribution < -0.4 is 0 Å². The second kappa shape index (κ2) is 6.09. The summed E-state index contributed by atoms with van der Waals surface area (Å²) in [5.74, 6) is 1.47. The number of hydrogen-bond acceptors (Lipinski definition) is 3. The van der Waals surface area contributed by atoms with Crippen molar-refractivity contribution in [1.82, 2.24) is 0 Å². The van der Waals surface area contributed by atoms with E-state index < -0.39 is 0 Å². The highest BCUT2D eigenvalue weighted by atomic mass is 32.2. The lowest BCUT2D eigenvalue weighted by Gasteiger charge is -2.42. The first-order chi connectivity index (χ1) is 8.63. The molecule has 3 heteroatoms. The van der Waals surface area contributed by atoms with Crippen molar-refractivity contribution in [1.29, 1.82) is 0 Å². The smallest absolute Gasteiger partial charge is 0.111 e. The zero-order valence-electron chi connectivity index (χ0n) is 11.2. The zero-order chi connectivity index (χ0) is 13.1. The van der Waals surface area contributed by atoms with Crippen molar-refractivity contribution in [3.05, 3.63) is 30.3 Å². The third-order valence-corrected chi connectivity index (χ3v) is 5.48. The molecule has 1 aliphatic heterocycles. The molecule has 0 spiro atoms. The molecule has 1 heterocycles. The Morgan fingerprint density at radius 2 is 1.72 bits per heavy atom. The number of benzene rings is 1. The van der Waals surface area contributed by atoms with E-state index in [0.717, 1.165) is 0 Å². The van der Waals surface area contributed by atoms with E-state index >= 15 is 0 Å². The molecule has 0 aliphatic carbocycles. The Kier molecular flexibility index (Phi) is 4.71. The van der Waals surface area contributed by atoms with Crippen LogP contribution in [-0.4, -0.2) is 23.3 Å². The number of aliphatic hydroxyl groups is 1. The van der Waals surface area contributed by atoms with E-state index in [2.05, 4.69) is 32.9 Å². The molecule has 0 radical (unpaired) electrons. The molecule has 2 unspecified atom stereocenters. The summed E-state index contributed by atoms with van der Waals surface area (Å²) in [5.41, 5.74) is 0.135. The molecule has 0 saturated carbocycles. The van der Waals surface area contributed by atoms with Crippen LogP contribution >= 0.6 is 11.8 Å². The SMILES string of the molecule is CC1[C@@H](C)[C@H](C)C(CO)O[C@H]1Sc1ccccc1. The molecule has 18 heavy (non-hydrogen) atoms. The minimum atomic E-state index is -0.0302. The quantitative estimate of drug-likeness (QED) is 0.909. The van der Waals surface area contributed by atoms with Crippen molar-refractivity contribution < 1.29 is 9.84 Å². The molecule has 5 atom stereocenters. The summed E-state index contributed by atoms with van der Waals surface area (Å²) in [7, 11) is 0. The fourth-order valence-electron chi connectivity index (χ4n) is 2.46. The Hall–Kier alpha value is -0.510. The van der Waals surface area contributed by atoms with Gasteiger partial charge in [-0.2, -0.15) is 0 Å². The van der Waals surface area contributed by atoms with Crippen LogP contribution in [0.25, 0.3) is 0 Å². The highest BCUT2D eigenvalue weighted by molar-refractivity contribution is 7.99. The van der Waals surface area contributed by atoms with Gasteiger partial charge < -0.3 is 9.84 Å². The Morgan fingerprint density at radius 3 is 2.33 bits per heavy atom. The summed E-state index contributed by atoms with van der Waals surface area (Å²) in [6.07, 6.45) is -0.0302. The van der Waals surface area contributed by atoms with Crippen molar-refractivity contribution in [3.8, 4) is 0 Å².